The number of halogens is 2. The monoisotopic (exact) mass is 390 g/mol. The standard InChI is InChI=1S/C19H20F2N4O3/c1-10-6-12(7-24-18(10)28-9-15(20)21)11(2)25-8-14-13(19(25)27)4-5-23-16(14)17(26)22-3/h4-7,11,15H,8-9H2,1-3H3,(H,22,26). The largest absolute Gasteiger partial charge is 0.471 e. The van der Waals surface area contributed by atoms with Crippen LogP contribution in [0, 0.1) is 6.92 Å². The maximum Gasteiger partial charge on any atom is 0.272 e. The fourth-order valence-electron chi connectivity index (χ4n) is 3.16. The van der Waals surface area contributed by atoms with Gasteiger partial charge in [0.2, 0.25) is 5.88 Å². The first kappa shape index (κ1) is 19.7. The number of carbonyl (C=O) groups excluding carboxylic acids is 2. The van der Waals surface area contributed by atoms with Crippen molar-refractivity contribution in [2.45, 2.75) is 32.9 Å². The molecule has 1 aliphatic rings. The first-order valence-corrected chi connectivity index (χ1v) is 8.71. The molecule has 0 radical (unpaired) electrons. The number of fused-ring (bicyclic) bond motifs is 1. The Bertz CT molecular complexity index is 920. The lowest BCUT2D eigenvalue weighted by Crippen LogP contribution is -2.27. The van der Waals surface area contributed by atoms with E-state index in [1.54, 1.807) is 24.0 Å². The molecule has 2 amide bonds. The number of pyridine rings is 2. The average molecular weight is 390 g/mol. The first-order valence-electron chi connectivity index (χ1n) is 8.71. The Kier molecular flexibility index (Phi) is 5.53. The molecule has 3 rings (SSSR count). The second-order valence-electron chi connectivity index (χ2n) is 6.47. The zero-order valence-corrected chi connectivity index (χ0v) is 15.7. The number of amides is 2. The molecule has 2 aromatic heterocycles. The normalized spacial score (nSPS) is 14.2. The number of rotatable bonds is 6. The quantitative estimate of drug-likeness (QED) is 0.819. The van der Waals surface area contributed by atoms with Crippen molar-refractivity contribution < 1.29 is 23.1 Å². The Hall–Kier alpha value is -3.10. The minimum Gasteiger partial charge on any atom is -0.471 e. The summed E-state index contributed by atoms with van der Waals surface area (Å²) in [6, 6.07) is 3.02. The van der Waals surface area contributed by atoms with Crippen LogP contribution in [0.25, 0.3) is 0 Å². The number of alkyl halides is 2. The van der Waals surface area contributed by atoms with Crippen molar-refractivity contribution in [1.82, 2.24) is 20.2 Å². The van der Waals surface area contributed by atoms with Gasteiger partial charge in [-0.3, -0.25) is 14.6 Å². The molecule has 2 aromatic rings. The zero-order valence-electron chi connectivity index (χ0n) is 15.7. The number of carbonyl (C=O) groups is 2. The highest BCUT2D eigenvalue weighted by Gasteiger charge is 2.35. The van der Waals surface area contributed by atoms with Crippen LogP contribution in [-0.4, -0.2) is 46.8 Å². The fourth-order valence-corrected chi connectivity index (χ4v) is 3.16. The van der Waals surface area contributed by atoms with E-state index < -0.39 is 13.0 Å². The summed E-state index contributed by atoms with van der Waals surface area (Å²) < 4.78 is 29.6. The van der Waals surface area contributed by atoms with Gasteiger partial charge in [0.05, 0.1) is 6.04 Å². The highest BCUT2D eigenvalue weighted by atomic mass is 19.3. The first-order chi connectivity index (χ1) is 13.3. The molecule has 0 bridgehead atoms. The van der Waals surface area contributed by atoms with Gasteiger partial charge in [0.25, 0.3) is 18.2 Å². The molecule has 1 N–H and O–H groups in total. The zero-order chi connectivity index (χ0) is 20.4. The number of hydrogen-bond donors (Lipinski definition) is 1. The summed E-state index contributed by atoms with van der Waals surface area (Å²) in [5.74, 6) is -0.415. The van der Waals surface area contributed by atoms with Crippen LogP contribution >= 0.6 is 0 Å². The lowest BCUT2D eigenvalue weighted by molar-refractivity contribution is 0.0712. The van der Waals surface area contributed by atoms with Gasteiger partial charge in [-0.1, -0.05) is 0 Å². The lowest BCUT2D eigenvalue weighted by atomic mass is 10.1. The van der Waals surface area contributed by atoms with E-state index in [9.17, 15) is 18.4 Å². The minimum absolute atomic E-state index is 0.137. The van der Waals surface area contributed by atoms with E-state index in [1.165, 1.54) is 19.4 Å². The second-order valence-corrected chi connectivity index (χ2v) is 6.47. The second kappa shape index (κ2) is 7.87. The van der Waals surface area contributed by atoms with Crippen LogP contribution in [0.4, 0.5) is 8.78 Å². The Balaban J connectivity index is 1.84. The SMILES string of the molecule is CNC(=O)c1nccc2c1CN(C(C)c1cnc(OCC(F)F)c(C)c1)C2=O. The van der Waals surface area contributed by atoms with Gasteiger partial charge >= 0.3 is 0 Å². The number of ether oxygens (including phenoxy) is 1. The molecule has 0 aromatic carbocycles. The minimum atomic E-state index is -2.58. The molecule has 7 nitrogen and oxygen atoms in total. The molecule has 3 heterocycles. The predicted molar refractivity (Wildman–Crippen MR) is 96.4 cm³/mol. The summed E-state index contributed by atoms with van der Waals surface area (Å²) in [4.78, 5) is 34.7. The van der Waals surface area contributed by atoms with E-state index >= 15 is 0 Å². The lowest BCUT2D eigenvalue weighted by Gasteiger charge is -2.25. The summed E-state index contributed by atoms with van der Waals surface area (Å²) in [7, 11) is 1.51. The van der Waals surface area contributed by atoms with Gasteiger partial charge in [-0.25, -0.2) is 13.8 Å². The van der Waals surface area contributed by atoms with Crippen LogP contribution < -0.4 is 10.1 Å². The van der Waals surface area contributed by atoms with Gasteiger partial charge < -0.3 is 15.0 Å². The van der Waals surface area contributed by atoms with Crippen molar-refractivity contribution in [2.24, 2.45) is 0 Å². The van der Waals surface area contributed by atoms with Crippen LogP contribution in [0.2, 0.25) is 0 Å². The smallest absolute Gasteiger partial charge is 0.272 e. The van der Waals surface area contributed by atoms with Gasteiger partial charge in [-0.05, 0) is 31.5 Å². The molecule has 0 saturated carbocycles. The summed E-state index contributed by atoms with van der Waals surface area (Å²) in [5.41, 5.74) is 2.59. The number of aromatic nitrogens is 2. The van der Waals surface area contributed by atoms with E-state index in [1.807, 2.05) is 6.92 Å². The van der Waals surface area contributed by atoms with Gasteiger partial charge in [0.1, 0.15) is 5.69 Å². The number of hydrogen-bond acceptors (Lipinski definition) is 5. The van der Waals surface area contributed by atoms with Crippen molar-refractivity contribution in [3.8, 4) is 5.88 Å². The number of aryl methyl sites for hydroxylation is 1. The fraction of sp³-hybridized carbons (Fsp3) is 0.368. The molecule has 1 aliphatic heterocycles. The average Bonchev–Trinajstić information content (AvgIpc) is 3.02. The van der Waals surface area contributed by atoms with E-state index in [0.29, 0.717) is 16.7 Å². The predicted octanol–water partition coefficient (Wildman–Crippen LogP) is 2.51. The third-order valence-electron chi connectivity index (χ3n) is 4.67. The maximum absolute atomic E-state index is 12.8. The summed E-state index contributed by atoms with van der Waals surface area (Å²) in [6.45, 7) is 3.07. The molecular formula is C19H20F2N4O3. The molecule has 0 saturated heterocycles. The Morgan fingerprint density at radius 2 is 2.14 bits per heavy atom. The number of nitrogens with one attached hydrogen (secondary N) is 1. The highest BCUT2D eigenvalue weighted by Crippen LogP contribution is 2.33. The molecule has 148 valence electrons. The molecule has 28 heavy (non-hydrogen) atoms. The number of nitrogens with zero attached hydrogens (tertiary/aromatic N) is 3. The Labute approximate surface area is 160 Å². The molecular weight excluding hydrogens is 370 g/mol. The Morgan fingerprint density at radius 3 is 2.79 bits per heavy atom. The third kappa shape index (κ3) is 3.64. The summed E-state index contributed by atoms with van der Waals surface area (Å²) >= 11 is 0. The van der Waals surface area contributed by atoms with Crippen molar-refractivity contribution in [2.75, 3.05) is 13.7 Å². The molecule has 1 unspecified atom stereocenters. The van der Waals surface area contributed by atoms with E-state index in [2.05, 4.69) is 15.3 Å². The summed E-state index contributed by atoms with van der Waals surface area (Å²) in [6.07, 6.45) is 0.367. The summed E-state index contributed by atoms with van der Waals surface area (Å²) in [5, 5.41) is 2.53. The highest BCUT2D eigenvalue weighted by molar-refractivity contribution is 6.03. The van der Waals surface area contributed by atoms with Gasteiger partial charge in [0, 0.05) is 42.7 Å². The van der Waals surface area contributed by atoms with E-state index in [-0.39, 0.29) is 36.0 Å². The maximum atomic E-state index is 12.8. The molecule has 0 spiro atoms. The van der Waals surface area contributed by atoms with Crippen LogP contribution in [0.3, 0.4) is 0 Å². The van der Waals surface area contributed by atoms with Crippen molar-refractivity contribution >= 4 is 11.8 Å². The van der Waals surface area contributed by atoms with Gasteiger partial charge in [-0.15, -0.1) is 0 Å². The van der Waals surface area contributed by atoms with E-state index in [4.69, 9.17) is 4.74 Å². The topological polar surface area (TPSA) is 84.4 Å². The van der Waals surface area contributed by atoms with Gasteiger partial charge in [0.15, 0.2) is 6.61 Å². The van der Waals surface area contributed by atoms with Crippen molar-refractivity contribution in [3.63, 3.8) is 0 Å². The molecule has 0 aliphatic carbocycles. The van der Waals surface area contributed by atoms with Crippen LogP contribution in [0.1, 0.15) is 50.5 Å². The molecule has 9 heteroatoms. The van der Waals surface area contributed by atoms with Crippen LogP contribution in [-0.2, 0) is 6.54 Å². The molecule has 1 atom stereocenters. The van der Waals surface area contributed by atoms with E-state index in [0.717, 1.165) is 5.56 Å². The van der Waals surface area contributed by atoms with Crippen molar-refractivity contribution in [1.29, 1.82) is 0 Å². The van der Waals surface area contributed by atoms with Crippen molar-refractivity contribution in [3.05, 3.63) is 52.5 Å². The Morgan fingerprint density at radius 1 is 1.39 bits per heavy atom. The molecule has 0 fully saturated rings. The van der Waals surface area contributed by atoms with Gasteiger partial charge in [-0.2, -0.15) is 0 Å². The van der Waals surface area contributed by atoms with Crippen LogP contribution in [0.15, 0.2) is 24.5 Å². The third-order valence-corrected chi connectivity index (χ3v) is 4.67. The van der Waals surface area contributed by atoms with Crippen LogP contribution in [0.5, 0.6) is 5.88 Å².